The molecule has 1 unspecified atom stereocenters. The van der Waals surface area contributed by atoms with Crippen LogP contribution in [0.3, 0.4) is 0 Å². The zero-order chi connectivity index (χ0) is 13.0. The van der Waals surface area contributed by atoms with Crippen molar-refractivity contribution in [1.29, 1.82) is 0 Å². The fourth-order valence-electron chi connectivity index (χ4n) is 2.93. The lowest BCUT2D eigenvalue weighted by Crippen LogP contribution is -2.37. The van der Waals surface area contributed by atoms with Gasteiger partial charge in [-0.3, -0.25) is 4.90 Å². The van der Waals surface area contributed by atoms with Gasteiger partial charge in [-0.15, -0.1) is 0 Å². The average molecular weight is 275 g/mol. The van der Waals surface area contributed by atoms with Crippen molar-refractivity contribution in [3.8, 4) is 0 Å². The topological polar surface area (TPSA) is 66.6 Å². The number of nitrogens with two attached hydrogens (primary N) is 1. The summed E-state index contributed by atoms with van der Waals surface area (Å²) < 4.78 is 26.0. The first-order valence-corrected chi connectivity index (χ1v) is 8.66. The molecule has 0 bridgehead atoms. The number of hydrogen-bond donors (Lipinski definition) is 1. The molecule has 6 heteroatoms. The quantitative estimate of drug-likeness (QED) is 0.705. The van der Waals surface area contributed by atoms with Gasteiger partial charge in [-0.25, -0.2) is 12.7 Å². The van der Waals surface area contributed by atoms with Gasteiger partial charge in [-0.1, -0.05) is 0 Å². The number of sulfonamides is 1. The highest BCUT2D eigenvalue weighted by molar-refractivity contribution is 7.89. The molecule has 106 valence electrons. The Morgan fingerprint density at radius 3 is 2.50 bits per heavy atom. The minimum atomic E-state index is -3.04. The van der Waals surface area contributed by atoms with Crippen molar-refractivity contribution in [1.82, 2.24) is 9.21 Å². The zero-order valence-electron chi connectivity index (χ0n) is 11.1. The lowest BCUT2D eigenvalue weighted by Gasteiger charge is -2.23. The van der Waals surface area contributed by atoms with Crippen molar-refractivity contribution in [2.45, 2.75) is 38.1 Å². The second kappa shape index (κ2) is 6.32. The van der Waals surface area contributed by atoms with Crippen LogP contribution in [0.25, 0.3) is 0 Å². The highest BCUT2D eigenvalue weighted by atomic mass is 32.2. The molecular weight excluding hydrogens is 250 g/mol. The first-order valence-electron chi connectivity index (χ1n) is 7.05. The molecule has 2 aliphatic rings. The molecule has 0 aromatic rings. The second-order valence-electron chi connectivity index (χ2n) is 5.36. The van der Waals surface area contributed by atoms with E-state index in [0.29, 0.717) is 32.1 Å². The van der Waals surface area contributed by atoms with E-state index >= 15 is 0 Å². The Morgan fingerprint density at radius 1 is 1.11 bits per heavy atom. The maximum Gasteiger partial charge on any atom is 0.214 e. The summed E-state index contributed by atoms with van der Waals surface area (Å²) in [4.78, 5) is 2.45. The highest BCUT2D eigenvalue weighted by Gasteiger charge is 2.34. The van der Waals surface area contributed by atoms with Gasteiger partial charge in [0.25, 0.3) is 0 Å². The number of unbranched alkanes of at least 4 members (excludes halogenated alkanes) is 1. The molecule has 2 fully saturated rings. The summed E-state index contributed by atoms with van der Waals surface area (Å²) in [6.07, 6.45) is 5.00. The van der Waals surface area contributed by atoms with E-state index in [1.165, 1.54) is 12.8 Å². The van der Waals surface area contributed by atoms with E-state index in [-0.39, 0.29) is 5.75 Å². The average Bonchev–Trinajstić information content (AvgIpc) is 3.00. The minimum Gasteiger partial charge on any atom is -0.330 e. The maximum atomic E-state index is 12.1. The fourth-order valence-corrected chi connectivity index (χ4v) is 4.54. The van der Waals surface area contributed by atoms with Crippen LogP contribution in [0.2, 0.25) is 0 Å². The van der Waals surface area contributed by atoms with E-state index in [9.17, 15) is 8.42 Å². The predicted molar refractivity (Wildman–Crippen MR) is 72.9 cm³/mol. The molecule has 0 radical (unpaired) electrons. The van der Waals surface area contributed by atoms with Crippen LogP contribution in [0, 0.1) is 0 Å². The lowest BCUT2D eigenvalue weighted by atomic mass is 10.2. The standard InChI is InChI=1S/C12H25N3O2S/c13-6-1-4-10-18(16,17)15-9-5-12(11-15)14-7-2-3-8-14/h12H,1-11,13H2. The van der Waals surface area contributed by atoms with Crippen molar-refractivity contribution < 1.29 is 8.42 Å². The van der Waals surface area contributed by atoms with Crippen LogP contribution < -0.4 is 5.73 Å². The van der Waals surface area contributed by atoms with Crippen molar-refractivity contribution >= 4 is 10.0 Å². The lowest BCUT2D eigenvalue weighted by molar-refractivity contribution is 0.251. The molecule has 5 nitrogen and oxygen atoms in total. The predicted octanol–water partition coefficient (Wildman–Crippen LogP) is 0.225. The Morgan fingerprint density at radius 2 is 1.83 bits per heavy atom. The largest absolute Gasteiger partial charge is 0.330 e. The van der Waals surface area contributed by atoms with Crippen molar-refractivity contribution in [3.63, 3.8) is 0 Å². The number of likely N-dealkylation sites (tertiary alicyclic amines) is 1. The Hall–Kier alpha value is -0.170. The van der Waals surface area contributed by atoms with Crippen LogP contribution in [0.1, 0.15) is 32.1 Å². The summed E-state index contributed by atoms with van der Waals surface area (Å²) in [5, 5.41) is 0. The van der Waals surface area contributed by atoms with Crippen molar-refractivity contribution in [2.24, 2.45) is 5.73 Å². The number of hydrogen-bond acceptors (Lipinski definition) is 4. The first kappa shape index (κ1) is 14.2. The van der Waals surface area contributed by atoms with Crippen LogP contribution >= 0.6 is 0 Å². The van der Waals surface area contributed by atoms with Crippen molar-refractivity contribution in [3.05, 3.63) is 0 Å². The molecule has 2 rings (SSSR count). The molecule has 2 aliphatic heterocycles. The molecule has 0 amide bonds. The molecule has 2 saturated heterocycles. The van der Waals surface area contributed by atoms with Gasteiger partial charge in [0, 0.05) is 19.1 Å². The SMILES string of the molecule is NCCCCS(=O)(=O)N1CCC(N2CCCC2)C1. The molecule has 0 spiro atoms. The van der Waals surface area contributed by atoms with E-state index in [1.807, 2.05) is 0 Å². The van der Waals surface area contributed by atoms with Crippen molar-refractivity contribution in [2.75, 3.05) is 38.5 Å². The smallest absolute Gasteiger partial charge is 0.214 e. The molecule has 1 atom stereocenters. The van der Waals surface area contributed by atoms with Gasteiger partial charge in [0.15, 0.2) is 0 Å². The maximum absolute atomic E-state index is 12.1. The number of nitrogens with zero attached hydrogens (tertiary/aromatic N) is 2. The first-order chi connectivity index (χ1) is 8.63. The van der Waals surface area contributed by atoms with Gasteiger partial charge in [-0.2, -0.15) is 0 Å². The number of rotatable bonds is 6. The van der Waals surface area contributed by atoms with E-state index in [2.05, 4.69) is 4.90 Å². The fraction of sp³-hybridized carbons (Fsp3) is 1.00. The summed E-state index contributed by atoms with van der Waals surface area (Å²) in [6, 6.07) is 0.455. The Kier molecular flexibility index (Phi) is 5.00. The normalized spacial score (nSPS) is 27.1. The van der Waals surface area contributed by atoms with E-state index in [4.69, 9.17) is 5.73 Å². The zero-order valence-corrected chi connectivity index (χ0v) is 11.9. The van der Waals surface area contributed by atoms with E-state index in [1.54, 1.807) is 4.31 Å². The van der Waals surface area contributed by atoms with Gasteiger partial charge in [0.05, 0.1) is 5.75 Å². The summed E-state index contributed by atoms with van der Waals surface area (Å²) in [7, 11) is -3.04. The summed E-state index contributed by atoms with van der Waals surface area (Å²) in [6.45, 7) is 4.26. The molecule has 2 heterocycles. The Balaban J connectivity index is 1.83. The Bertz CT molecular complexity index is 352. The highest BCUT2D eigenvalue weighted by Crippen LogP contribution is 2.22. The van der Waals surface area contributed by atoms with E-state index in [0.717, 1.165) is 25.9 Å². The monoisotopic (exact) mass is 275 g/mol. The van der Waals surface area contributed by atoms with Crippen LogP contribution in [-0.4, -0.2) is 62.1 Å². The third-order valence-corrected chi connectivity index (χ3v) is 5.96. The molecule has 0 aromatic carbocycles. The molecular formula is C12H25N3O2S. The van der Waals surface area contributed by atoms with Crippen LogP contribution in [-0.2, 0) is 10.0 Å². The molecule has 0 aromatic heterocycles. The summed E-state index contributed by atoms with van der Waals surface area (Å²) in [5.74, 6) is 0.261. The van der Waals surface area contributed by atoms with Gasteiger partial charge >= 0.3 is 0 Å². The van der Waals surface area contributed by atoms with Gasteiger partial charge < -0.3 is 5.73 Å². The Labute approximate surface area is 110 Å². The molecule has 0 aliphatic carbocycles. The summed E-state index contributed by atoms with van der Waals surface area (Å²) >= 11 is 0. The molecule has 0 saturated carbocycles. The van der Waals surface area contributed by atoms with Gasteiger partial charge in [-0.05, 0) is 51.7 Å². The van der Waals surface area contributed by atoms with Gasteiger partial charge in [0.1, 0.15) is 0 Å². The third kappa shape index (κ3) is 3.44. The van der Waals surface area contributed by atoms with Crippen LogP contribution in [0.5, 0.6) is 0 Å². The second-order valence-corrected chi connectivity index (χ2v) is 7.44. The summed E-state index contributed by atoms with van der Waals surface area (Å²) in [5.41, 5.74) is 5.40. The third-order valence-electron chi connectivity index (χ3n) is 4.03. The molecule has 18 heavy (non-hydrogen) atoms. The van der Waals surface area contributed by atoms with Crippen LogP contribution in [0.15, 0.2) is 0 Å². The minimum absolute atomic E-state index is 0.261. The van der Waals surface area contributed by atoms with E-state index < -0.39 is 10.0 Å². The molecule has 2 N–H and O–H groups in total. The van der Waals surface area contributed by atoms with Gasteiger partial charge in [0.2, 0.25) is 10.0 Å². The van der Waals surface area contributed by atoms with Crippen LogP contribution in [0.4, 0.5) is 0 Å².